The van der Waals surface area contributed by atoms with Crippen molar-refractivity contribution in [1.29, 1.82) is 0 Å². The van der Waals surface area contributed by atoms with Gasteiger partial charge < -0.3 is 5.11 Å². The van der Waals surface area contributed by atoms with Crippen molar-refractivity contribution in [2.75, 3.05) is 0 Å². The lowest BCUT2D eigenvalue weighted by molar-refractivity contribution is 0.122. The van der Waals surface area contributed by atoms with Gasteiger partial charge in [-0.2, -0.15) is 0 Å². The molecule has 1 nitrogen and oxygen atoms in total. The maximum Gasteiger partial charge on any atom is 0.0805 e. The number of rotatable bonds is 2. The first-order valence-corrected chi connectivity index (χ1v) is 5.50. The van der Waals surface area contributed by atoms with Crippen LogP contribution in [0.1, 0.15) is 43.7 Å². The van der Waals surface area contributed by atoms with E-state index in [9.17, 15) is 5.11 Å². The third-order valence-corrected chi connectivity index (χ3v) is 2.93. The van der Waals surface area contributed by atoms with Crippen LogP contribution in [0, 0.1) is 12.3 Å². The molecular weight excluding hydrogens is 180 g/mol. The van der Waals surface area contributed by atoms with Gasteiger partial charge in [0, 0.05) is 4.88 Å². The van der Waals surface area contributed by atoms with E-state index in [2.05, 4.69) is 27.7 Å². The van der Waals surface area contributed by atoms with E-state index in [1.165, 1.54) is 4.88 Å². The molecule has 0 spiro atoms. The van der Waals surface area contributed by atoms with Gasteiger partial charge in [0.1, 0.15) is 0 Å². The molecule has 2 heteroatoms. The van der Waals surface area contributed by atoms with E-state index in [0.29, 0.717) is 0 Å². The Balaban J connectivity index is 2.69. The van der Waals surface area contributed by atoms with Crippen LogP contribution in [-0.2, 0) is 0 Å². The van der Waals surface area contributed by atoms with Gasteiger partial charge >= 0.3 is 0 Å². The van der Waals surface area contributed by atoms with E-state index in [1.807, 2.05) is 11.4 Å². The van der Waals surface area contributed by atoms with Crippen molar-refractivity contribution in [3.8, 4) is 0 Å². The van der Waals surface area contributed by atoms with E-state index in [0.717, 1.165) is 12.0 Å². The van der Waals surface area contributed by atoms with Crippen LogP contribution >= 0.6 is 11.3 Å². The van der Waals surface area contributed by atoms with Crippen molar-refractivity contribution in [3.63, 3.8) is 0 Å². The van der Waals surface area contributed by atoms with Crippen molar-refractivity contribution in [2.24, 2.45) is 5.41 Å². The molecule has 0 aromatic carbocycles. The lowest BCUT2D eigenvalue weighted by atomic mass is 9.87. The minimum atomic E-state index is -0.300. The molecule has 1 N–H and O–H groups in total. The number of thiophene rings is 1. The molecule has 74 valence electrons. The zero-order valence-corrected chi connectivity index (χ0v) is 9.61. The molecule has 0 saturated heterocycles. The summed E-state index contributed by atoms with van der Waals surface area (Å²) in [6.07, 6.45) is 0.524. The predicted octanol–water partition coefficient (Wildman–Crippen LogP) is 3.53. The zero-order valence-electron chi connectivity index (χ0n) is 8.79. The third kappa shape index (κ3) is 3.12. The summed E-state index contributed by atoms with van der Waals surface area (Å²) >= 11 is 1.70. The molecule has 0 amide bonds. The lowest BCUT2D eigenvalue weighted by Gasteiger charge is -2.22. The lowest BCUT2D eigenvalue weighted by Crippen LogP contribution is -2.11. The molecule has 0 radical (unpaired) electrons. The summed E-state index contributed by atoms with van der Waals surface area (Å²) in [4.78, 5) is 1.23. The topological polar surface area (TPSA) is 20.2 Å². The van der Waals surface area contributed by atoms with Crippen molar-refractivity contribution in [1.82, 2.24) is 0 Å². The molecule has 1 rings (SSSR count). The van der Waals surface area contributed by atoms with Crippen LogP contribution in [-0.4, -0.2) is 5.11 Å². The standard InChI is InChI=1S/C11H18OS/c1-8-9(5-6-13-8)10(12)7-11(2,3)4/h5-6,10,12H,7H2,1-4H3. The fourth-order valence-corrected chi connectivity index (χ4v) is 2.19. The number of hydrogen-bond acceptors (Lipinski definition) is 2. The number of aliphatic hydroxyl groups is 1. The normalized spacial score (nSPS) is 14.5. The first-order chi connectivity index (χ1) is 5.90. The van der Waals surface area contributed by atoms with Gasteiger partial charge in [0.25, 0.3) is 0 Å². The summed E-state index contributed by atoms with van der Waals surface area (Å²) in [5, 5.41) is 12.0. The summed E-state index contributed by atoms with van der Waals surface area (Å²) < 4.78 is 0. The van der Waals surface area contributed by atoms with Crippen molar-refractivity contribution in [3.05, 3.63) is 21.9 Å². The summed E-state index contributed by atoms with van der Waals surface area (Å²) in [5.74, 6) is 0. The van der Waals surface area contributed by atoms with E-state index < -0.39 is 0 Å². The van der Waals surface area contributed by atoms with Crippen LogP contribution in [0.25, 0.3) is 0 Å². The Morgan fingerprint density at radius 2 is 2.08 bits per heavy atom. The minimum Gasteiger partial charge on any atom is -0.388 e. The first kappa shape index (κ1) is 10.7. The third-order valence-electron chi connectivity index (χ3n) is 2.06. The Morgan fingerprint density at radius 1 is 1.46 bits per heavy atom. The summed E-state index contributed by atoms with van der Waals surface area (Å²) in [5.41, 5.74) is 1.29. The second-order valence-electron chi connectivity index (χ2n) is 4.71. The Labute approximate surface area is 84.4 Å². The van der Waals surface area contributed by atoms with Gasteiger partial charge in [-0.3, -0.25) is 0 Å². The molecule has 0 aliphatic heterocycles. The number of aliphatic hydroxyl groups excluding tert-OH is 1. The number of aryl methyl sites for hydroxylation is 1. The summed E-state index contributed by atoms with van der Waals surface area (Å²) in [6, 6.07) is 2.02. The van der Waals surface area contributed by atoms with Crippen LogP contribution in [0.2, 0.25) is 0 Å². The van der Waals surface area contributed by atoms with Crippen LogP contribution in [0.3, 0.4) is 0 Å². The number of hydrogen-bond donors (Lipinski definition) is 1. The first-order valence-electron chi connectivity index (χ1n) is 4.62. The molecule has 0 bridgehead atoms. The molecule has 1 atom stereocenters. The average molecular weight is 198 g/mol. The smallest absolute Gasteiger partial charge is 0.0805 e. The van der Waals surface area contributed by atoms with Gasteiger partial charge in [-0.25, -0.2) is 0 Å². The largest absolute Gasteiger partial charge is 0.388 e. The minimum absolute atomic E-state index is 0.188. The molecule has 1 aromatic heterocycles. The molecule has 0 aliphatic carbocycles. The highest BCUT2D eigenvalue weighted by molar-refractivity contribution is 7.10. The fourth-order valence-electron chi connectivity index (χ4n) is 1.43. The monoisotopic (exact) mass is 198 g/mol. The Hall–Kier alpha value is -0.340. The molecule has 0 aliphatic rings. The van der Waals surface area contributed by atoms with Crippen LogP contribution in [0.5, 0.6) is 0 Å². The highest BCUT2D eigenvalue weighted by atomic mass is 32.1. The maximum atomic E-state index is 9.93. The van der Waals surface area contributed by atoms with E-state index >= 15 is 0 Å². The SMILES string of the molecule is Cc1sccc1C(O)CC(C)(C)C. The van der Waals surface area contributed by atoms with Gasteiger partial charge in [0.05, 0.1) is 6.10 Å². The Bertz CT molecular complexity index is 270. The van der Waals surface area contributed by atoms with Crippen molar-refractivity contribution >= 4 is 11.3 Å². The van der Waals surface area contributed by atoms with E-state index in [-0.39, 0.29) is 11.5 Å². The summed E-state index contributed by atoms with van der Waals surface area (Å²) in [7, 11) is 0. The van der Waals surface area contributed by atoms with Crippen molar-refractivity contribution < 1.29 is 5.11 Å². The predicted molar refractivity (Wildman–Crippen MR) is 58.1 cm³/mol. The van der Waals surface area contributed by atoms with Gasteiger partial charge in [0.15, 0.2) is 0 Å². The van der Waals surface area contributed by atoms with Gasteiger partial charge in [-0.15, -0.1) is 11.3 Å². The molecule has 1 heterocycles. The summed E-state index contributed by atoms with van der Waals surface area (Å²) in [6.45, 7) is 8.51. The molecule has 1 aromatic rings. The second kappa shape index (κ2) is 3.81. The van der Waals surface area contributed by atoms with E-state index in [4.69, 9.17) is 0 Å². The quantitative estimate of drug-likeness (QED) is 0.771. The average Bonchev–Trinajstić information content (AvgIpc) is 2.30. The van der Waals surface area contributed by atoms with Gasteiger partial charge in [0.2, 0.25) is 0 Å². The Morgan fingerprint density at radius 3 is 2.46 bits per heavy atom. The molecular formula is C11H18OS. The molecule has 0 fully saturated rings. The zero-order chi connectivity index (χ0) is 10.1. The highest BCUT2D eigenvalue weighted by Gasteiger charge is 2.19. The molecule has 1 unspecified atom stereocenters. The molecule has 0 saturated carbocycles. The fraction of sp³-hybridized carbons (Fsp3) is 0.636. The highest BCUT2D eigenvalue weighted by Crippen LogP contribution is 2.32. The molecule has 13 heavy (non-hydrogen) atoms. The van der Waals surface area contributed by atoms with Crippen LogP contribution < -0.4 is 0 Å². The van der Waals surface area contributed by atoms with Gasteiger partial charge in [-0.05, 0) is 35.8 Å². The van der Waals surface area contributed by atoms with Crippen LogP contribution in [0.4, 0.5) is 0 Å². The van der Waals surface area contributed by atoms with Crippen molar-refractivity contribution in [2.45, 2.75) is 40.2 Å². The van der Waals surface area contributed by atoms with E-state index in [1.54, 1.807) is 11.3 Å². The van der Waals surface area contributed by atoms with Crippen LogP contribution in [0.15, 0.2) is 11.4 Å². The second-order valence-corrected chi connectivity index (χ2v) is 5.83. The maximum absolute atomic E-state index is 9.93. The van der Waals surface area contributed by atoms with Gasteiger partial charge in [-0.1, -0.05) is 20.8 Å². The Kier molecular flexibility index (Phi) is 3.14.